The number of nitrogens with zero attached hydrogens (tertiary/aromatic N) is 2. The molecule has 1 N–H and O–H groups in total. The van der Waals surface area contributed by atoms with Gasteiger partial charge in [0.2, 0.25) is 5.95 Å². The number of halogens is 3. The van der Waals surface area contributed by atoms with Crippen LogP contribution >= 0.6 is 34.8 Å². The van der Waals surface area contributed by atoms with Crippen molar-refractivity contribution < 1.29 is 0 Å². The zero-order chi connectivity index (χ0) is 14.1. The Kier molecular flexibility index (Phi) is 4.11. The molecule has 1 saturated carbocycles. The molecule has 3 rings (SSSR count). The third-order valence-corrected chi connectivity index (χ3v) is 4.60. The van der Waals surface area contributed by atoms with Gasteiger partial charge in [-0.05, 0) is 25.0 Å². The Balaban J connectivity index is 1.94. The van der Waals surface area contributed by atoms with E-state index in [1.807, 2.05) is 10.8 Å². The van der Waals surface area contributed by atoms with E-state index in [1.54, 1.807) is 18.3 Å². The summed E-state index contributed by atoms with van der Waals surface area (Å²) < 4.78 is 1.91. The average molecular weight is 331 g/mol. The van der Waals surface area contributed by atoms with E-state index in [1.165, 1.54) is 25.7 Å². The molecule has 1 aliphatic rings. The normalized spacial score (nSPS) is 15.8. The molecule has 0 aliphatic heterocycles. The molecule has 6 heteroatoms. The highest BCUT2D eigenvalue weighted by Gasteiger charge is 2.18. The number of nitrogens with one attached hydrogen (secondary N) is 1. The smallest absolute Gasteiger partial charge is 0.207 e. The number of hydrogen-bond acceptors (Lipinski definition) is 2. The van der Waals surface area contributed by atoms with Crippen molar-refractivity contribution in [1.29, 1.82) is 0 Å². The summed E-state index contributed by atoms with van der Waals surface area (Å²) in [6, 6.07) is 3.89. The average Bonchev–Trinajstić information content (AvgIpc) is 3.06. The summed E-state index contributed by atoms with van der Waals surface area (Å²) in [6.45, 7) is 0. The van der Waals surface area contributed by atoms with Gasteiger partial charge in [0.05, 0.1) is 20.8 Å². The second-order valence-electron chi connectivity index (χ2n) is 4.96. The zero-order valence-electron chi connectivity index (χ0n) is 10.7. The molecule has 2 aromatic rings. The number of rotatable bonds is 3. The molecule has 1 fully saturated rings. The summed E-state index contributed by atoms with van der Waals surface area (Å²) in [5, 5.41) is 4.94. The zero-order valence-corrected chi connectivity index (χ0v) is 13.0. The van der Waals surface area contributed by atoms with Gasteiger partial charge in [-0.3, -0.25) is 4.57 Å². The quantitative estimate of drug-likeness (QED) is 0.785. The van der Waals surface area contributed by atoms with Crippen molar-refractivity contribution in [3.05, 3.63) is 39.6 Å². The molecule has 0 saturated heterocycles. The first kappa shape index (κ1) is 14.1. The van der Waals surface area contributed by atoms with Gasteiger partial charge in [-0.15, -0.1) is 0 Å². The third kappa shape index (κ3) is 2.76. The van der Waals surface area contributed by atoms with Gasteiger partial charge >= 0.3 is 0 Å². The van der Waals surface area contributed by atoms with E-state index in [2.05, 4.69) is 10.3 Å². The molecule has 0 bridgehead atoms. The highest BCUT2D eigenvalue weighted by Crippen LogP contribution is 2.33. The first-order valence-electron chi connectivity index (χ1n) is 6.60. The minimum atomic E-state index is 0.450. The highest BCUT2D eigenvalue weighted by atomic mass is 35.5. The number of anilines is 1. The number of benzene rings is 1. The molecule has 0 unspecified atom stereocenters. The predicted octanol–water partition coefficient (Wildman–Crippen LogP) is 5.19. The Labute approximate surface area is 132 Å². The van der Waals surface area contributed by atoms with E-state index in [0.717, 1.165) is 11.6 Å². The number of aromatic nitrogens is 2. The molecule has 0 amide bonds. The first-order chi connectivity index (χ1) is 9.65. The summed E-state index contributed by atoms with van der Waals surface area (Å²) in [4.78, 5) is 4.37. The van der Waals surface area contributed by atoms with Crippen LogP contribution in [0.3, 0.4) is 0 Å². The Hall–Kier alpha value is -0.900. The summed E-state index contributed by atoms with van der Waals surface area (Å²) in [5.41, 5.74) is 0.777. The van der Waals surface area contributed by atoms with Crippen molar-refractivity contribution >= 4 is 40.8 Å². The summed E-state index contributed by atoms with van der Waals surface area (Å²) >= 11 is 18.3. The summed E-state index contributed by atoms with van der Waals surface area (Å²) in [5.74, 6) is 0.789. The molecule has 20 heavy (non-hydrogen) atoms. The molecule has 1 aliphatic carbocycles. The van der Waals surface area contributed by atoms with Gasteiger partial charge in [0.25, 0.3) is 0 Å². The van der Waals surface area contributed by atoms with Crippen molar-refractivity contribution in [3.8, 4) is 5.69 Å². The Morgan fingerprint density at radius 3 is 2.50 bits per heavy atom. The van der Waals surface area contributed by atoms with Crippen LogP contribution in [0.5, 0.6) is 0 Å². The topological polar surface area (TPSA) is 29.9 Å². The molecule has 0 atom stereocenters. The van der Waals surface area contributed by atoms with Crippen LogP contribution in [0.4, 0.5) is 5.95 Å². The molecular formula is C14H14Cl3N3. The monoisotopic (exact) mass is 329 g/mol. The lowest BCUT2D eigenvalue weighted by Gasteiger charge is -2.16. The Bertz CT molecular complexity index is 618. The van der Waals surface area contributed by atoms with Crippen molar-refractivity contribution in [2.24, 2.45) is 0 Å². The molecule has 1 aromatic carbocycles. The fourth-order valence-corrected chi connectivity index (χ4v) is 3.19. The Morgan fingerprint density at radius 1 is 1.05 bits per heavy atom. The van der Waals surface area contributed by atoms with Crippen LogP contribution < -0.4 is 5.32 Å². The van der Waals surface area contributed by atoms with Gasteiger partial charge in [0.1, 0.15) is 0 Å². The minimum Gasteiger partial charge on any atom is -0.353 e. The Morgan fingerprint density at radius 2 is 1.75 bits per heavy atom. The maximum absolute atomic E-state index is 6.26. The SMILES string of the molecule is Clc1cc(Cl)c(-n2ccnc2NC2CCCC2)cc1Cl. The van der Waals surface area contributed by atoms with Gasteiger partial charge in [0.15, 0.2) is 0 Å². The fourth-order valence-electron chi connectivity index (χ4n) is 2.55. The molecule has 0 spiro atoms. The molecule has 1 heterocycles. The van der Waals surface area contributed by atoms with Crippen LogP contribution in [0.2, 0.25) is 15.1 Å². The molecular weight excluding hydrogens is 317 g/mol. The van der Waals surface area contributed by atoms with Crippen LogP contribution in [0, 0.1) is 0 Å². The van der Waals surface area contributed by atoms with E-state index in [9.17, 15) is 0 Å². The maximum Gasteiger partial charge on any atom is 0.207 e. The van der Waals surface area contributed by atoms with E-state index >= 15 is 0 Å². The fraction of sp³-hybridized carbons (Fsp3) is 0.357. The van der Waals surface area contributed by atoms with Gasteiger partial charge in [-0.2, -0.15) is 0 Å². The predicted molar refractivity (Wildman–Crippen MR) is 84.5 cm³/mol. The van der Waals surface area contributed by atoms with Crippen molar-refractivity contribution in [2.45, 2.75) is 31.7 Å². The second-order valence-corrected chi connectivity index (χ2v) is 6.19. The first-order valence-corrected chi connectivity index (χ1v) is 7.73. The van der Waals surface area contributed by atoms with Crippen LogP contribution in [-0.2, 0) is 0 Å². The molecule has 3 nitrogen and oxygen atoms in total. The minimum absolute atomic E-state index is 0.450. The van der Waals surface area contributed by atoms with Crippen LogP contribution in [-0.4, -0.2) is 15.6 Å². The van der Waals surface area contributed by atoms with Gasteiger partial charge < -0.3 is 5.32 Å². The number of hydrogen-bond donors (Lipinski definition) is 1. The number of imidazole rings is 1. The summed E-state index contributed by atoms with van der Waals surface area (Å²) in [7, 11) is 0. The van der Waals surface area contributed by atoms with Crippen LogP contribution in [0.25, 0.3) is 5.69 Å². The summed E-state index contributed by atoms with van der Waals surface area (Å²) in [6.07, 6.45) is 8.51. The standard InChI is InChI=1S/C14H14Cl3N3/c15-10-7-12(17)13(8-11(10)16)20-6-5-18-14(20)19-9-3-1-2-4-9/h5-9H,1-4H2,(H,18,19). The largest absolute Gasteiger partial charge is 0.353 e. The van der Waals surface area contributed by atoms with Crippen LogP contribution in [0.15, 0.2) is 24.5 Å². The lowest BCUT2D eigenvalue weighted by atomic mass is 10.2. The molecule has 106 valence electrons. The third-order valence-electron chi connectivity index (χ3n) is 3.58. The maximum atomic E-state index is 6.26. The van der Waals surface area contributed by atoms with Crippen LogP contribution in [0.1, 0.15) is 25.7 Å². The van der Waals surface area contributed by atoms with Crippen molar-refractivity contribution in [3.63, 3.8) is 0 Å². The van der Waals surface area contributed by atoms with Crippen molar-refractivity contribution in [2.75, 3.05) is 5.32 Å². The van der Waals surface area contributed by atoms with E-state index in [0.29, 0.717) is 21.1 Å². The highest BCUT2D eigenvalue weighted by molar-refractivity contribution is 6.43. The lowest BCUT2D eigenvalue weighted by Crippen LogP contribution is -2.17. The van der Waals surface area contributed by atoms with E-state index in [-0.39, 0.29) is 0 Å². The van der Waals surface area contributed by atoms with Crippen molar-refractivity contribution in [1.82, 2.24) is 9.55 Å². The lowest BCUT2D eigenvalue weighted by molar-refractivity contribution is 0.740. The second kappa shape index (κ2) is 5.84. The molecule has 0 radical (unpaired) electrons. The van der Waals surface area contributed by atoms with Gasteiger partial charge in [-0.25, -0.2) is 4.98 Å². The van der Waals surface area contributed by atoms with Gasteiger partial charge in [0, 0.05) is 18.4 Å². The van der Waals surface area contributed by atoms with E-state index < -0.39 is 0 Å². The van der Waals surface area contributed by atoms with Gasteiger partial charge in [-0.1, -0.05) is 47.6 Å². The van der Waals surface area contributed by atoms with E-state index in [4.69, 9.17) is 34.8 Å². The molecule has 1 aromatic heterocycles.